The maximum absolute atomic E-state index is 14.2. The largest absolute Gasteiger partial charge is 0.306 e. The first-order chi connectivity index (χ1) is 9.95. The van der Waals surface area contributed by atoms with Crippen molar-refractivity contribution in [1.29, 1.82) is 0 Å². The van der Waals surface area contributed by atoms with Crippen LogP contribution in [0.2, 0.25) is 0 Å². The highest BCUT2D eigenvalue weighted by Gasteiger charge is 2.21. The Bertz CT molecular complexity index is 653. The predicted molar refractivity (Wildman–Crippen MR) is 77.8 cm³/mol. The molecule has 2 aromatic rings. The molecule has 0 aliphatic rings. The van der Waals surface area contributed by atoms with Gasteiger partial charge in [-0.2, -0.15) is 0 Å². The predicted octanol–water partition coefficient (Wildman–Crippen LogP) is 4.42. The Hall–Kier alpha value is -1.81. The zero-order valence-corrected chi connectivity index (χ0v) is 12.3. The van der Waals surface area contributed by atoms with Crippen molar-refractivity contribution in [2.75, 3.05) is 6.54 Å². The van der Waals surface area contributed by atoms with Gasteiger partial charge in [-0.15, -0.1) is 0 Å². The van der Waals surface area contributed by atoms with Crippen molar-refractivity contribution in [1.82, 2.24) is 5.32 Å². The first-order valence-electron chi connectivity index (χ1n) is 6.89. The molecule has 112 valence electrons. The van der Waals surface area contributed by atoms with E-state index >= 15 is 0 Å². The van der Waals surface area contributed by atoms with Gasteiger partial charge < -0.3 is 5.32 Å². The molecule has 4 heteroatoms. The molecule has 1 atom stereocenters. The smallest absolute Gasteiger partial charge is 0.164 e. The third kappa shape index (κ3) is 3.10. The molecule has 0 aliphatic carbocycles. The average molecular weight is 293 g/mol. The zero-order valence-electron chi connectivity index (χ0n) is 12.3. The van der Waals surface area contributed by atoms with E-state index < -0.39 is 17.7 Å². The van der Waals surface area contributed by atoms with Crippen molar-refractivity contribution in [3.05, 3.63) is 70.0 Å². The quantitative estimate of drug-likeness (QED) is 0.880. The number of benzene rings is 2. The molecule has 1 nitrogen and oxygen atoms in total. The minimum absolute atomic E-state index is 0.184. The Morgan fingerprint density at radius 3 is 2.24 bits per heavy atom. The van der Waals surface area contributed by atoms with Gasteiger partial charge in [0.05, 0.1) is 6.04 Å². The molecule has 0 saturated carbocycles. The van der Waals surface area contributed by atoms with Crippen LogP contribution in [0.1, 0.15) is 35.2 Å². The fourth-order valence-corrected chi connectivity index (χ4v) is 2.28. The molecule has 0 fully saturated rings. The first-order valence-corrected chi connectivity index (χ1v) is 6.89. The summed E-state index contributed by atoms with van der Waals surface area (Å²) in [4.78, 5) is 0. The van der Waals surface area contributed by atoms with Crippen molar-refractivity contribution in [2.24, 2.45) is 0 Å². The van der Waals surface area contributed by atoms with E-state index in [4.69, 9.17) is 0 Å². The SMILES string of the molecule is CCNC(c1ccc(C)c(F)c1)c1ccc(C)c(F)c1F. The Morgan fingerprint density at radius 2 is 1.62 bits per heavy atom. The molecular formula is C17H18F3N. The fourth-order valence-electron chi connectivity index (χ4n) is 2.28. The summed E-state index contributed by atoms with van der Waals surface area (Å²) in [6.45, 7) is 5.58. The van der Waals surface area contributed by atoms with Gasteiger partial charge in [-0.05, 0) is 43.1 Å². The molecule has 2 aromatic carbocycles. The third-order valence-corrected chi connectivity index (χ3v) is 3.55. The Balaban J connectivity index is 2.53. The number of hydrogen-bond acceptors (Lipinski definition) is 1. The normalized spacial score (nSPS) is 12.5. The van der Waals surface area contributed by atoms with Gasteiger partial charge in [0.25, 0.3) is 0 Å². The van der Waals surface area contributed by atoms with Gasteiger partial charge >= 0.3 is 0 Å². The minimum atomic E-state index is -0.887. The zero-order chi connectivity index (χ0) is 15.6. The highest BCUT2D eigenvalue weighted by molar-refractivity contribution is 5.36. The maximum Gasteiger partial charge on any atom is 0.164 e. The minimum Gasteiger partial charge on any atom is -0.306 e. The van der Waals surface area contributed by atoms with E-state index in [0.717, 1.165) is 0 Å². The Labute approximate surface area is 122 Å². The van der Waals surface area contributed by atoms with Crippen molar-refractivity contribution in [2.45, 2.75) is 26.8 Å². The van der Waals surface area contributed by atoms with Crippen LogP contribution in [0.5, 0.6) is 0 Å². The highest BCUT2D eigenvalue weighted by Crippen LogP contribution is 2.28. The number of rotatable bonds is 4. The molecule has 0 heterocycles. The monoisotopic (exact) mass is 293 g/mol. The molecule has 0 bridgehead atoms. The Kier molecular flexibility index (Phi) is 4.68. The molecule has 0 spiro atoms. The molecule has 0 radical (unpaired) electrons. The van der Waals surface area contributed by atoms with Crippen molar-refractivity contribution in [3.8, 4) is 0 Å². The molecule has 0 saturated heterocycles. The summed E-state index contributed by atoms with van der Waals surface area (Å²) in [5.74, 6) is -2.10. The first kappa shape index (κ1) is 15.6. The second-order valence-electron chi connectivity index (χ2n) is 5.10. The molecule has 1 unspecified atom stereocenters. The van der Waals surface area contributed by atoms with Crippen LogP contribution in [0, 0.1) is 31.3 Å². The van der Waals surface area contributed by atoms with Gasteiger partial charge in [0.1, 0.15) is 5.82 Å². The van der Waals surface area contributed by atoms with Crippen LogP contribution in [-0.4, -0.2) is 6.54 Å². The number of nitrogens with one attached hydrogen (secondary N) is 1. The lowest BCUT2D eigenvalue weighted by Crippen LogP contribution is -2.23. The second kappa shape index (κ2) is 6.31. The molecule has 2 rings (SSSR count). The van der Waals surface area contributed by atoms with E-state index in [9.17, 15) is 13.2 Å². The van der Waals surface area contributed by atoms with Crippen molar-refractivity contribution >= 4 is 0 Å². The third-order valence-electron chi connectivity index (χ3n) is 3.55. The summed E-state index contributed by atoms with van der Waals surface area (Å²) in [6.07, 6.45) is 0. The molecule has 0 aromatic heterocycles. The standard InChI is InChI=1S/C17H18F3N/c1-4-21-17(12-7-5-10(2)14(18)9-12)13-8-6-11(3)15(19)16(13)20/h5-9,17,21H,4H2,1-3H3. The van der Waals surface area contributed by atoms with E-state index in [2.05, 4.69) is 5.32 Å². The van der Waals surface area contributed by atoms with Crippen LogP contribution < -0.4 is 5.32 Å². The van der Waals surface area contributed by atoms with Gasteiger partial charge in [0.2, 0.25) is 0 Å². The topological polar surface area (TPSA) is 12.0 Å². The summed E-state index contributed by atoms with van der Waals surface area (Å²) >= 11 is 0. The summed E-state index contributed by atoms with van der Waals surface area (Å²) in [5, 5.41) is 3.08. The maximum atomic E-state index is 14.2. The molecule has 0 amide bonds. The second-order valence-corrected chi connectivity index (χ2v) is 5.10. The van der Waals surface area contributed by atoms with Gasteiger partial charge in [-0.1, -0.05) is 31.2 Å². The number of aryl methyl sites for hydroxylation is 2. The average Bonchev–Trinajstić information content (AvgIpc) is 2.46. The summed E-state index contributed by atoms with van der Waals surface area (Å²) in [6, 6.07) is 7.21. The Morgan fingerprint density at radius 1 is 0.952 bits per heavy atom. The van der Waals surface area contributed by atoms with Crippen LogP contribution in [0.3, 0.4) is 0 Å². The van der Waals surface area contributed by atoms with E-state index in [1.54, 1.807) is 25.1 Å². The van der Waals surface area contributed by atoms with Crippen LogP contribution >= 0.6 is 0 Å². The lowest BCUT2D eigenvalue weighted by atomic mass is 9.96. The molecule has 0 aliphatic heterocycles. The number of hydrogen-bond donors (Lipinski definition) is 1. The van der Waals surface area contributed by atoms with E-state index in [-0.39, 0.29) is 16.9 Å². The van der Waals surface area contributed by atoms with Crippen LogP contribution in [-0.2, 0) is 0 Å². The fraction of sp³-hybridized carbons (Fsp3) is 0.294. The van der Waals surface area contributed by atoms with E-state index in [0.29, 0.717) is 17.7 Å². The van der Waals surface area contributed by atoms with Crippen LogP contribution in [0.4, 0.5) is 13.2 Å². The summed E-state index contributed by atoms with van der Waals surface area (Å²) in [7, 11) is 0. The lowest BCUT2D eigenvalue weighted by molar-refractivity contribution is 0.478. The number of halogens is 3. The van der Waals surface area contributed by atoms with Crippen LogP contribution in [0.25, 0.3) is 0 Å². The van der Waals surface area contributed by atoms with Gasteiger partial charge in [0, 0.05) is 5.56 Å². The lowest BCUT2D eigenvalue weighted by Gasteiger charge is -2.20. The summed E-state index contributed by atoms with van der Waals surface area (Å²) in [5.41, 5.74) is 1.52. The van der Waals surface area contributed by atoms with Crippen LogP contribution in [0.15, 0.2) is 30.3 Å². The van der Waals surface area contributed by atoms with E-state index in [1.807, 2.05) is 6.92 Å². The van der Waals surface area contributed by atoms with Crippen molar-refractivity contribution < 1.29 is 13.2 Å². The van der Waals surface area contributed by atoms with E-state index in [1.165, 1.54) is 19.1 Å². The molecule has 21 heavy (non-hydrogen) atoms. The van der Waals surface area contributed by atoms with Crippen molar-refractivity contribution in [3.63, 3.8) is 0 Å². The van der Waals surface area contributed by atoms with Gasteiger partial charge in [0.15, 0.2) is 11.6 Å². The van der Waals surface area contributed by atoms with Gasteiger partial charge in [-0.25, -0.2) is 13.2 Å². The summed E-state index contributed by atoms with van der Waals surface area (Å²) < 4.78 is 41.7. The highest BCUT2D eigenvalue weighted by atomic mass is 19.2. The molecule has 1 N–H and O–H groups in total. The van der Waals surface area contributed by atoms with Gasteiger partial charge in [-0.3, -0.25) is 0 Å². The molecular weight excluding hydrogens is 275 g/mol.